The van der Waals surface area contributed by atoms with Crippen molar-refractivity contribution in [3.63, 3.8) is 0 Å². The van der Waals surface area contributed by atoms with Crippen molar-refractivity contribution in [1.82, 2.24) is 20.6 Å². The zero-order valence-electron chi connectivity index (χ0n) is 6.44. The number of nitrogens with one attached hydrogen (secondary N) is 1. The molecule has 0 aliphatic carbocycles. The number of aromatic nitrogens is 4. The zero-order valence-corrected chi connectivity index (χ0v) is 8.64. The Morgan fingerprint density at radius 3 is 2.42 bits per heavy atom. The summed E-state index contributed by atoms with van der Waals surface area (Å²) >= 11 is 0. The molecule has 0 bridgehead atoms. The van der Waals surface area contributed by atoms with E-state index in [1.807, 2.05) is 30.3 Å². The van der Waals surface area contributed by atoms with Crippen LogP contribution >= 0.6 is 0 Å². The number of hydrogen-bond donors (Lipinski definition) is 1. The van der Waals surface area contributed by atoms with E-state index >= 15 is 0 Å². The summed E-state index contributed by atoms with van der Waals surface area (Å²) in [6, 6.07) is 9.69. The third kappa shape index (κ3) is 2.03. The molecule has 12 heavy (non-hydrogen) atoms. The van der Waals surface area contributed by atoms with E-state index in [0.29, 0.717) is 5.82 Å². The average molecular weight is 186 g/mol. The molecular formula is C7H6CaN4. The first kappa shape index (κ1) is 9.64. The van der Waals surface area contributed by atoms with Gasteiger partial charge in [0.15, 0.2) is 0 Å². The van der Waals surface area contributed by atoms with E-state index < -0.39 is 0 Å². The summed E-state index contributed by atoms with van der Waals surface area (Å²) in [6.45, 7) is 0. The number of H-pyrrole nitrogens is 1. The molecule has 2 aromatic rings. The van der Waals surface area contributed by atoms with Gasteiger partial charge in [0.1, 0.15) is 0 Å². The predicted molar refractivity (Wildman–Crippen MR) is 45.4 cm³/mol. The molecule has 0 aliphatic rings. The maximum Gasteiger partial charge on any atom is 0.204 e. The van der Waals surface area contributed by atoms with Gasteiger partial charge in [0.05, 0.1) is 0 Å². The molecule has 0 aliphatic heterocycles. The van der Waals surface area contributed by atoms with Crippen molar-refractivity contribution < 1.29 is 0 Å². The maximum absolute atomic E-state index is 3.84. The maximum atomic E-state index is 3.84. The molecule has 4 nitrogen and oxygen atoms in total. The Morgan fingerprint density at radius 2 is 1.83 bits per heavy atom. The minimum Gasteiger partial charge on any atom is -0.177 e. The largest absolute Gasteiger partial charge is 0.204 e. The molecule has 0 saturated carbocycles. The van der Waals surface area contributed by atoms with E-state index in [1.54, 1.807) is 0 Å². The number of benzene rings is 1. The summed E-state index contributed by atoms with van der Waals surface area (Å²) in [6.07, 6.45) is 0. The van der Waals surface area contributed by atoms with Gasteiger partial charge in [0.2, 0.25) is 5.82 Å². The second-order valence-electron chi connectivity index (χ2n) is 2.10. The van der Waals surface area contributed by atoms with E-state index in [2.05, 4.69) is 20.6 Å². The van der Waals surface area contributed by atoms with Gasteiger partial charge in [0, 0.05) is 43.3 Å². The molecule has 2 rings (SSSR count). The monoisotopic (exact) mass is 186 g/mol. The molecule has 1 aromatic carbocycles. The molecular weight excluding hydrogens is 180 g/mol. The van der Waals surface area contributed by atoms with Crippen LogP contribution in [0.2, 0.25) is 0 Å². The molecule has 0 spiro atoms. The minimum absolute atomic E-state index is 0. The van der Waals surface area contributed by atoms with Gasteiger partial charge >= 0.3 is 0 Å². The van der Waals surface area contributed by atoms with Gasteiger partial charge in [-0.3, -0.25) is 0 Å². The van der Waals surface area contributed by atoms with Gasteiger partial charge in [-0.1, -0.05) is 30.3 Å². The number of aromatic amines is 1. The zero-order chi connectivity index (χ0) is 7.52. The van der Waals surface area contributed by atoms with Gasteiger partial charge in [-0.2, -0.15) is 5.21 Å². The van der Waals surface area contributed by atoms with Gasteiger partial charge in [0.25, 0.3) is 0 Å². The molecule has 1 N–H and O–H groups in total. The summed E-state index contributed by atoms with van der Waals surface area (Å²) in [5.41, 5.74) is 0.973. The van der Waals surface area contributed by atoms with Gasteiger partial charge in [-0.15, -0.1) is 10.2 Å². The molecule has 0 amide bonds. The van der Waals surface area contributed by atoms with Crippen LogP contribution < -0.4 is 0 Å². The first-order valence-electron chi connectivity index (χ1n) is 3.26. The molecule has 0 unspecified atom stereocenters. The standard InChI is InChI=1S/C7H6N4.Ca/c1-2-4-6(5-3-1)7-8-10-11-9-7;/h1-5H,(H,8,9,10,11);. The van der Waals surface area contributed by atoms with Gasteiger partial charge < -0.3 is 0 Å². The van der Waals surface area contributed by atoms with Crippen LogP contribution in [0.15, 0.2) is 30.3 Å². The van der Waals surface area contributed by atoms with E-state index in [0.717, 1.165) is 5.56 Å². The van der Waals surface area contributed by atoms with Gasteiger partial charge in [-0.05, 0) is 5.21 Å². The molecule has 56 valence electrons. The van der Waals surface area contributed by atoms with Crippen LogP contribution in [0.5, 0.6) is 0 Å². The first-order chi connectivity index (χ1) is 5.47. The summed E-state index contributed by atoms with van der Waals surface area (Å²) in [4.78, 5) is 0. The fourth-order valence-electron chi connectivity index (χ4n) is 0.871. The Balaban J connectivity index is 0.000000720. The SMILES string of the molecule is [Ca].c1ccc(-c2nn[nH]n2)cc1. The quantitative estimate of drug-likeness (QED) is 0.659. The number of rotatable bonds is 1. The molecule has 5 heteroatoms. The van der Waals surface area contributed by atoms with Crippen LogP contribution in [-0.2, 0) is 0 Å². The fourth-order valence-corrected chi connectivity index (χ4v) is 0.871. The van der Waals surface area contributed by atoms with Crippen LogP contribution in [0.25, 0.3) is 11.4 Å². The Kier molecular flexibility index (Phi) is 3.65. The Morgan fingerprint density at radius 1 is 1.08 bits per heavy atom. The molecule has 1 aromatic heterocycles. The summed E-state index contributed by atoms with van der Waals surface area (Å²) < 4.78 is 0. The number of hydrogen-bond acceptors (Lipinski definition) is 3. The molecule has 0 atom stereocenters. The van der Waals surface area contributed by atoms with E-state index in [9.17, 15) is 0 Å². The number of nitrogens with zero attached hydrogens (tertiary/aromatic N) is 3. The second kappa shape index (κ2) is 4.54. The van der Waals surface area contributed by atoms with Crippen molar-refractivity contribution in [2.75, 3.05) is 0 Å². The van der Waals surface area contributed by atoms with E-state index in [1.165, 1.54) is 0 Å². The summed E-state index contributed by atoms with van der Waals surface area (Å²) in [5.74, 6) is 0.630. The normalized spacial score (nSPS) is 9.00. The second-order valence-corrected chi connectivity index (χ2v) is 2.10. The average Bonchev–Trinajstić information content (AvgIpc) is 2.58. The van der Waals surface area contributed by atoms with Crippen LogP contribution in [-0.4, -0.2) is 58.4 Å². The fraction of sp³-hybridized carbons (Fsp3) is 0. The molecule has 2 radical (unpaired) electrons. The first-order valence-corrected chi connectivity index (χ1v) is 3.26. The summed E-state index contributed by atoms with van der Waals surface area (Å²) in [5, 5.41) is 13.5. The van der Waals surface area contributed by atoms with Crippen LogP contribution in [0.3, 0.4) is 0 Å². The van der Waals surface area contributed by atoms with Crippen LogP contribution in [0, 0.1) is 0 Å². The Hall–Kier alpha value is -0.450. The van der Waals surface area contributed by atoms with Gasteiger partial charge in [-0.25, -0.2) is 0 Å². The van der Waals surface area contributed by atoms with Crippen molar-refractivity contribution in [3.05, 3.63) is 30.3 Å². The van der Waals surface area contributed by atoms with E-state index in [-0.39, 0.29) is 37.7 Å². The topological polar surface area (TPSA) is 54.5 Å². The van der Waals surface area contributed by atoms with Crippen molar-refractivity contribution >= 4 is 37.7 Å². The van der Waals surface area contributed by atoms with E-state index in [4.69, 9.17) is 0 Å². The Bertz CT molecular complexity index is 318. The van der Waals surface area contributed by atoms with Crippen molar-refractivity contribution in [2.45, 2.75) is 0 Å². The van der Waals surface area contributed by atoms with Crippen molar-refractivity contribution in [3.8, 4) is 11.4 Å². The number of tetrazole rings is 1. The third-order valence-corrected chi connectivity index (χ3v) is 1.38. The molecule has 0 fully saturated rings. The predicted octanol–water partition coefficient (Wildman–Crippen LogP) is 0.486. The minimum atomic E-state index is 0. The third-order valence-electron chi connectivity index (χ3n) is 1.38. The molecule has 1 heterocycles. The van der Waals surface area contributed by atoms with Crippen molar-refractivity contribution in [2.24, 2.45) is 0 Å². The van der Waals surface area contributed by atoms with Crippen molar-refractivity contribution in [1.29, 1.82) is 0 Å². The van der Waals surface area contributed by atoms with Crippen LogP contribution in [0.1, 0.15) is 0 Å². The smallest absolute Gasteiger partial charge is 0.177 e. The van der Waals surface area contributed by atoms with Crippen LogP contribution in [0.4, 0.5) is 0 Å². The molecule has 0 saturated heterocycles. The Labute approximate surface area is 99.4 Å². The summed E-state index contributed by atoms with van der Waals surface area (Å²) in [7, 11) is 0.